The molecule has 0 spiro atoms. The number of ether oxygens (including phenoxy) is 5. The molecule has 2 saturated heterocycles. The molecule has 0 aromatic heterocycles. The molecule has 0 aromatic carbocycles. The van der Waals surface area contributed by atoms with Gasteiger partial charge in [0.1, 0.15) is 18.8 Å². The standard InChI is InChI=1S/C30H49NO10.C4H9.Al.ClH/c1-16(2)13-17(3)14-19(32)31-20-22(40-26(35)30(10,11)12)21(39-25(34)29(7,8)9)18(38-23(20)41-27(31)36)15-37-24(33)28(4,5)6;1-4(2)3;;/h14,16-18,20-23,32H,13,15H2,1-12H3;4H,1H2,2-3H3;;1H/q;;+2;/p-2/b19-14-;;;/t17?,18-,20-,21-,22-,23-;;;/m1.../s1. The largest absolute Gasteiger partial charge is 0.680 e. The molecule has 268 valence electrons. The average Bonchev–Trinajstić information content (AvgIpc) is 3.20. The highest BCUT2D eigenvalue weighted by molar-refractivity contribution is 7.03. The van der Waals surface area contributed by atoms with Gasteiger partial charge in [-0.3, -0.25) is 14.4 Å². The molecule has 0 radical (unpaired) electrons. The van der Waals surface area contributed by atoms with Crippen LogP contribution in [0.5, 0.6) is 0 Å². The Morgan fingerprint density at radius 2 is 1.36 bits per heavy atom. The molecule has 0 aromatic rings. The maximum atomic E-state index is 13.8. The molecule has 6 atom stereocenters. The Morgan fingerprint density at radius 3 is 1.83 bits per heavy atom. The van der Waals surface area contributed by atoms with Crippen LogP contribution in [0.25, 0.3) is 0 Å². The molecule has 1 amide bonds. The van der Waals surface area contributed by atoms with Crippen molar-refractivity contribution < 1.29 is 46.7 Å². The highest BCUT2D eigenvalue weighted by Gasteiger charge is 2.61. The summed E-state index contributed by atoms with van der Waals surface area (Å²) in [5.74, 6) is -0.945. The van der Waals surface area contributed by atoms with E-state index in [4.69, 9.17) is 37.5 Å². The second-order valence-corrected chi connectivity index (χ2v) is 19.6. The van der Waals surface area contributed by atoms with Crippen LogP contribution in [0.4, 0.5) is 4.79 Å². The zero-order valence-corrected chi connectivity index (χ0v) is 32.7. The van der Waals surface area contributed by atoms with Gasteiger partial charge >= 0.3 is 37.6 Å². The molecule has 2 fully saturated rings. The third kappa shape index (κ3) is 11.8. The summed E-state index contributed by atoms with van der Waals surface area (Å²) >= 11 is -2.37. The molecule has 1 unspecified atom stereocenters. The number of rotatable bonds is 12. The first kappa shape index (κ1) is 41.2. The predicted molar refractivity (Wildman–Crippen MR) is 179 cm³/mol. The zero-order valence-electron chi connectivity index (χ0n) is 30.8. The lowest BCUT2D eigenvalue weighted by Crippen LogP contribution is -2.64. The van der Waals surface area contributed by atoms with Gasteiger partial charge < -0.3 is 27.5 Å². The molecule has 13 heteroatoms. The summed E-state index contributed by atoms with van der Waals surface area (Å²) in [4.78, 5) is 54.7. The van der Waals surface area contributed by atoms with Gasteiger partial charge in [-0.1, -0.05) is 40.5 Å². The minimum Gasteiger partial charge on any atom is -0.619 e. The van der Waals surface area contributed by atoms with Crippen LogP contribution in [0.3, 0.4) is 0 Å². The van der Waals surface area contributed by atoms with Crippen molar-refractivity contribution in [2.75, 3.05) is 6.61 Å². The SMILES string of the molecule is CC(C)CC(C)/C=C(\[O][Al]([Cl])[CH2]C(C)C)N1C(=O)O[C@H]2O[C@H](COC(=O)C(C)(C)C)[C@@H](OC(=O)C(C)(C)C)[C@H](OC(=O)C(C)(C)C)[C@H]21. The molecule has 11 nitrogen and oxygen atoms in total. The monoisotopic (exact) mass is 701 g/mol. The van der Waals surface area contributed by atoms with Gasteiger partial charge in [0.25, 0.3) is 0 Å². The van der Waals surface area contributed by atoms with Crippen LogP contribution >= 0.6 is 10.0 Å². The number of carbonyl (C=O) groups excluding carboxylic acids is 4. The molecule has 0 saturated carbocycles. The van der Waals surface area contributed by atoms with E-state index in [9.17, 15) is 19.2 Å². The number of esters is 3. The van der Waals surface area contributed by atoms with E-state index in [1.165, 1.54) is 4.90 Å². The van der Waals surface area contributed by atoms with Crippen LogP contribution in [0.1, 0.15) is 103 Å². The van der Waals surface area contributed by atoms with E-state index >= 15 is 0 Å². The van der Waals surface area contributed by atoms with E-state index in [0.29, 0.717) is 11.2 Å². The fourth-order valence-electron chi connectivity index (χ4n) is 4.94. The van der Waals surface area contributed by atoms with Crippen molar-refractivity contribution in [1.29, 1.82) is 0 Å². The van der Waals surface area contributed by atoms with Gasteiger partial charge in [0.15, 0.2) is 18.1 Å². The van der Waals surface area contributed by atoms with Gasteiger partial charge in [0, 0.05) is 0 Å². The van der Waals surface area contributed by atoms with Gasteiger partial charge in [0.2, 0.25) is 6.29 Å². The number of amides is 1. The Balaban J connectivity index is 2.73. The second-order valence-electron chi connectivity index (χ2n) is 16.6. The molecular weight excluding hydrogens is 645 g/mol. The van der Waals surface area contributed by atoms with Crippen molar-refractivity contribution >= 4 is 47.6 Å². The minimum absolute atomic E-state index is 0.0204. The summed E-state index contributed by atoms with van der Waals surface area (Å²) in [7, 11) is 6.78. The Hall–Kier alpha value is -2.00. The number of halogens is 1. The maximum absolute atomic E-state index is 13.8. The number of hydrogen-bond acceptors (Lipinski definition) is 10. The zero-order chi connectivity index (χ0) is 36.2. The van der Waals surface area contributed by atoms with E-state index in [0.717, 1.165) is 6.42 Å². The lowest BCUT2D eigenvalue weighted by Gasteiger charge is -2.44. The number of fused-ring (bicyclic) bond motifs is 1. The highest BCUT2D eigenvalue weighted by atomic mass is 35.6. The van der Waals surface area contributed by atoms with Crippen molar-refractivity contribution in [3.8, 4) is 0 Å². The van der Waals surface area contributed by atoms with E-state index in [1.807, 2.05) is 26.8 Å². The second kappa shape index (κ2) is 16.1. The van der Waals surface area contributed by atoms with E-state index in [1.54, 1.807) is 62.3 Å². The van der Waals surface area contributed by atoms with Crippen molar-refractivity contribution in [1.82, 2.24) is 4.90 Å². The van der Waals surface area contributed by atoms with Crippen molar-refractivity contribution in [2.45, 2.75) is 139 Å². The number of hydrogen-bond donors (Lipinski definition) is 0. The molecule has 2 aliphatic rings. The van der Waals surface area contributed by atoms with Crippen molar-refractivity contribution in [3.63, 3.8) is 0 Å². The quantitative estimate of drug-likeness (QED) is 0.0912. The smallest absolute Gasteiger partial charge is 0.619 e. The summed E-state index contributed by atoms with van der Waals surface area (Å²) in [6, 6.07) is -1.12. The minimum atomic E-state index is -2.37. The Kier molecular flexibility index (Phi) is 14.1. The van der Waals surface area contributed by atoms with Crippen LogP contribution in [0.2, 0.25) is 5.28 Å². The molecule has 0 aliphatic carbocycles. The van der Waals surface area contributed by atoms with Crippen LogP contribution in [0.15, 0.2) is 12.0 Å². The first-order valence-corrected chi connectivity index (χ1v) is 19.6. The summed E-state index contributed by atoms with van der Waals surface area (Å²) < 4.78 is 36.2. The maximum Gasteiger partial charge on any atom is 0.680 e. The number of carbonyl (C=O) groups is 4. The predicted octanol–water partition coefficient (Wildman–Crippen LogP) is 6.96. The van der Waals surface area contributed by atoms with E-state index in [2.05, 4.69) is 13.8 Å². The van der Waals surface area contributed by atoms with Gasteiger partial charge in [-0.05, 0) is 91.9 Å². The molecule has 0 N–H and O–H groups in total. The van der Waals surface area contributed by atoms with Crippen molar-refractivity contribution in [3.05, 3.63) is 12.0 Å². The lowest BCUT2D eigenvalue weighted by atomic mass is 9.92. The van der Waals surface area contributed by atoms with Crippen LogP contribution in [-0.2, 0) is 41.9 Å². The molecule has 0 bridgehead atoms. The summed E-state index contributed by atoms with van der Waals surface area (Å²) in [6.07, 6.45) is -3.15. The van der Waals surface area contributed by atoms with Gasteiger partial charge in [-0.2, -0.15) is 0 Å². The Bertz CT molecular complexity index is 1150. The van der Waals surface area contributed by atoms with Crippen LogP contribution in [0, 0.1) is 34.0 Å². The molecule has 2 heterocycles. The topological polar surface area (TPSA) is 127 Å². The fourth-order valence-corrected chi connectivity index (χ4v) is 7.58. The summed E-state index contributed by atoms with van der Waals surface area (Å²) in [5.41, 5.74) is -2.73. The Labute approximate surface area is 290 Å². The highest BCUT2D eigenvalue weighted by Crippen LogP contribution is 2.40. The fraction of sp³-hybridized carbons (Fsp3) is 0.824. The summed E-state index contributed by atoms with van der Waals surface area (Å²) in [6.45, 7) is 25.2. The number of nitrogens with zero attached hydrogens (tertiary/aromatic N) is 1. The lowest BCUT2D eigenvalue weighted by molar-refractivity contribution is -0.260. The Morgan fingerprint density at radius 1 is 0.851 bits per heavy atom. The van der Waals surface area contributed by atoms with Gasteiger partial charge in [0.05, 0.1) is 16.2 Å². The van der Waals surface area contributed by atoms with Gasteiger partial charge in [-0.15, -0.1) is 0 Å². The molecular formula is C34H57AlClNO10. The average molecular weight is 702 g/mol. The van der Waals surface area contributed by atoms with E-state index < -0.39 is 84.5 Å². The third-order valence-corrected chi connectivity index (χ3v) is 10.1. The normalized spacial score (nSPS) is 24.4. The molecule has 2 rings (SSSR count). The van der Waals surface area contributed by atoms with Crippen LogP contribution in [-0.4, -0.2) is 79.7 Å². The summed E-state index contributed by atoms with van der Waals surface area (Å²) in [5, 5.41) is 0.625. The molecule has 47 heavy (non-hydrogen) atoms. The first-order chi connectivity index (χ1) is 21.3. The van der Waals surface area contributed by atoms with Crippen LogP contribution < -0.4 is 0 Å². The first-order valence-electron chi connectivity index (χ1n) is 16.6. The third-order valence-electron chi connectivity index (χ3n) is 7.44. The number of allylic oxidation sites excluding steroid dienone is 1. The van der Waals surface area contributed by atoms with Crippen molar-refractivity contribution in [2.24, 2.45) is 34.0 Å². The van der Waals surface area contributed by atoms with Gasteiger partial charge in [-0.25, -0.2) is 19.7 Å². The molecule has 2 aliphatic heterocycles. The van der Waals surface area contributed by atoms with E-state index in [-0.39, 0.29) is 24.3 Å².